The fraction of sp³-hybridized carbons (Fsp3) is 0.417. The molecular weight excluding hydrogens is 236 g/mol. The molecule has 2 heterocycles. The maximum atomic E-state index is 12.2. The molecule has 2 N–H and O–H groups in total. The van der Waals surface area contributed by atoms with Gasteiger partial charge in [-0.15, -0.1) is 0 Å². The monoisotopic (exact) mass is 250 g/mol. The first-order chi connectivity index (χ1) is 8.61. The van der Waals surface area contributed by atoms with Crippen LogP contribution in [0, 0.1) is 0 Å². The summed E-state index contributed by atoms with van der Waals surface area (Å²) in [4.78, 5) is 28.4. The Bertz CT molecular complexity index is 475. The van der Waals surface area contributed by atoms with E-state index < -0.39 is 17.9 Å². The van der Waals surface area contributed by atoms with E-state index in [9.17, 15) is 14.7 Å². The molecule has 18 heavy (non-hydrogen) atoms. The van der Waals surface area contributed by atoms with Gasteiger partial charge in [-0.3, -0.25) is 4.79 Å². The van der Waals surface area contributed by atoms with Gasteiger partial charge >= 0.3 is 5.97 Å². The summed E-state index contributed by atoms with van der Waals surface area (Å²) in [5.41, 5.74) is -0.0920. The second-order valence-corrected chi connectivity index (χ2v) is 4.22. The van der Waals surface area contributed by atoms with Gasteiger partial charge in [0.05, 0.1) is 0 Å². The zero-order chi connectivity index (χ0) is 13.1. The summed E-state index contributed by atoms with van der Waals surface area (Å²) < 4.78 is 0. The molecule has 6 heteroatoms. The van der Waals surface area contributed by atoms with Gasteiger partial charge in [0.15, 0.2) is 5.69 Å². The highest BCUT2D eigenvalue weighted by molar-refractivity contribution is 5.97. The van der Waals surface area contributed by atoms with Crippen molar-refractivity contribution in [3.8, 4) is 5.75 Å². The van der Waals surface area contributed by atoms with Crippen LogP contribution in [0.4, 0.5) is 0 Å². The third-order valence-electron chi connectivity index (χ3n) is 3.04. The molecule has 0 bridgehead atoms. The lowest BCUT2D eigenvalue weighted by Gasteiger charge is -2.32. The number of aliphatic carboxylic acids is 1. The molecule has 96 valence electrons. The first-order valence-electron chi connectivity index (χ1n) is 5.79. The van der Waals surface area contributed by atoms with E-state index >= 15 is 0 Å². The Kier molecular flexibility index (Phi) is 3.45. The van der Waals surface area contributed by atoms with Crippen LogP contribution in [-0.4, -0.2) is 44.6 Å². The highest BCUT2D eigenvalue weighted by atomic mass is 16.4. The average Bonchev–Trinajstić information content (AvgIpc) is 2.38. The number of piperidine rings is 1. The Morgan fingerprint density at radius 3 is 2.83 bits per heavy atom. The summed E-state index contributed by atoms with van der Waals surface area (Å²) in [7, 11) is 0. The third-order valence-corrected chi connectivity index (χ3v) is 3.04. The van der Waals surface area contributed by atoms with E-state index in [1.807, 2.05) is 0 Å². The highest BCUT2D eigenvalue weighted by Gasteiger charge is 2.33. The van der Waals surface area contributed by atoms with E-state index in [1.165, 1.54) is 23.2 Å². The molecule has 0 saturated carbocycles. The Balaban J connectivity index is 2.27. The number of likely N-dealkylation sites (tertiary alicyclic amines) is 1. The largest absolute Gasteiger partial charge is 0.505 e. The summed E-state index contributed by atoms with van der Waals surface area (Å²) in [6.07, 6.45) is 3.39. The molecule has 1 fully saturated rings. The van der Waals surface area contributed by atoms with Crippen LogP contribution in [0.15, 0.2) is 18.3 Å². The minimum Gasteiger partial charge on any atom is -0.505 e. The number of carboxylic acids is 1. The fourth-order valence-corrected chi connectivity index (χ4v) is 2.13. The van der Waals surface area contributed by atoms with E-state index in [4.69, 9.17) is 5.11 Å². The molecule has 0 unspecified atom stereocenters. The van der Waals surface area contributed by atoms with E-state index in [-0.39, 0.29) is 11.4 Å². The summed E-state index contributed by atoms with van der Waals surface area (Å²) in [5.74, 6) is -1.77. The number of carboxylic acid groups (broad SMARTS) is 1. The van der Waals surface area contributed by atoms with Gasteiger partial charge < -0.3 is 15.1 Å². The van der Waals surface area contributed by atoms with Gasteiger partial charge in [0, 0.05) is 12.7 Å². The second kappa shape index (κ2) is 5.03. The number of aromatic hydroxyl groups is 1. The molecule has 6 nitrogen and oxygen atoms in total. The zero-order valence-electron chi connectivity index (χ0n) is 9.74. The van der Waals surface area contributed by atoms with E-state index in [1.54, 1.807) is 0 Å². The van der Waals surface area contributed by atoms with Crippen LogP contribution in [-0.2, 0) is 4.79 Å². The van der Waals surface area contributed by atoms with Crippen molar-refractivity contribution in [3.05, 3.63) is 24.0 Å². The van der Waals surface area contributed by atoms with Crippen molar-refractivity contribution in [1.82, 2.24) is 9.88 Å². The molecule has 0 spiro atoms. The second-order valence-electron chi connectivity index (χ2n) is 4.22. The quantitative estimate of drug-likeness (QED) is 0.812. The number of hydrogen-bond acceptors (Lipinski definition) is 4. The molecule has 1 aromatic heterocycles. The molecule has 1 aromatic rings. The lowest BCUT2D eigenvalue weighted by molar-refractivity contribution is -0.143. The van der Waals surface area contributed by atoms with Crippen molar-refractivity contribution in [3.63, 3.8) is 0 Å². The molecule has 1 aliphatic heterocycles. The smallest absolute Gasteiger partial charge is 0.326 e. The molecular formula is C12H14N2O4. The first-order valence-corrected chi connectivity index (χ1v) is 5.79. The summed E-state index contributed by atoms with van der Waals surface area (Å²) in [6.45, 7) is 0.381. The van der Waals surface area contributed by atoms with E-state index in [0.29, 0.717) is 13.0 Å². The molecule has 0 radical (unpaired) electrons. The minimum atomic E-state index is -1.02. The standard InChI is InChI=1S/C12H14N2O4/c15-9-5-3-6-13-10(9)11(16)14-7-2-1-4-8(14)12(17)18/h3,5-6,8,15H,1-2,4,7H2,(H,17,18)/t8-/m0/s1. The van der Waals surface area contributed by atoms with Crippen molar-refractivity contribution in [2.24, 2.45) is 0 Å². The normalized spacial score (nSPS) is 19.6. The minimum absolute atomic E-state index is 0.0920. The molecule has 1 saturated heterocycles. The Labute approximate surface area is 104 Å². The van der Waals surface area contributed by atoms with Crippen molar-refractivity contribution < 1.29 is 19.8 Å². The van der Waals surface area contributed by atoms with Crippen LogP contribution in [0.25, 0.3) is 0 Å². The average molecular weight is 250 g/mol. The summed E-state index contributed by atoms with van der Waals surface area (Å²) in [5, 5.41) is 18.7. The number of carbonyl (C=O) groups is 2. The van der Waals surface area contributed by atoms with Crippen LogP contribution >= 0.6 is 0 Å². The van der Waals surface area contributed by atoms with Gasteiger partial charge in [-0.05, 0) is 31.4 Å². The number of rotatable bonds is 2. The summed E-state index contributed by atoms with van der Waals surface area (Å²) >= 11 is 0. The molecule has 0 aliphatic carbocycles. The predicted molar refractivity (Wildman–Crippen MR) is 62.2 cm³/mol. The van der Waals surface area contributed by atoms with Crippen LogP contribution in [0.3, 0.4) is 0 Å². The molecule has 2 rings (SSSR count). The lowest BCUT2D eigenvalue weighted by atomic mass is 10.0. The number of pyridine rings is 1. The zero-order valence-corrected chi connectivity index (χ0v) is 9.74. The van der Waals surface area contributed by atoms with Crippen molar-refractivity contribution in [1.29, 1.82) is 0 Å². The van der Waals surface area contributed by atoms with Gasteiger partial charge in [0.25, 0.3) is 5.91 Å². The highest BCUT2D eigenvalue weighted by Crippen LogP contribution is 2.22. The number of nitrogens with zero attached hydrogens (tertiary/aromatic N) is 2. The van der Waals surface area contributed by atoms with Gasteiger partial charge in [0.2, 0.25) is 0 Å². The van der Waals surface area contributed by atoms with E-state index in [0.717, 1.165) is 12.8 Å². The number of aromatic nitrogens is 1. The van der Waals surface area contributed by atoms with Crippen molar-refractivity contribution in [2.75, 3.05) is 6.54 Å². The summed E-state index contributed by atoms with van der Waals surface area (Å²) in [6, 6.07) is 2.05. The van der Waals surface area contributed by atoms with E-state index in [2.05, 4.69) is 4.98 Å². The predicted octanol–water partition coefficient (Wildman–Crippen LogP) is 0.866. The van der Waals surface area contributed by atoms with Gasteiger partial charge in [0.1, 0.15) is 11.8 Å². The molecule has 1 aliphatic rings. The Morgan fingerprint density at radius 2 is 2.17 bits per heavy atom. The molecule has 1 amide bonds. The topological polar surface area (TPSA) is 90.7 Å². The van der Waals surface area contributed by atoms with Gasteiger partial charge in [-0.1, -0.05) is 0 Å². The molecule has 0 aromatic carbocycles. The van der Waals surface area contributed by atoms with Crippen LogP contribution in [0.1, 0.15) is 29.8 Å². The maximum absolute atomic E-state index is 12.2. The number of carbonyl (C=O) groups excluding carboxylic acids is 1. The molecule has 1 atom stereocenters. The maximum Gasteiger partial charge on any atom is 0.326 e. The SMILES string of the molecule is O=C(O)[C@@H]1CCCCN1C(=O)c1ncccc1O. The van der Waals surface area contributed by atoms with Crippen LogP contribution in [0.5, 0.6) is 5.75 Å². The lowest BCUT2D eigenvalue weighted by Crippen LogP contribution is -2.48. The van der Waals surface area contributed by atoms with Crippen molar-refractivity contribution >= 4 is 11.9 Å². The van der Waals surface area contributed by atoms with Gasteiger partial charge in [-0.2, -0.15) is 0 Å². The Hall–Kier alpha value is -2.11. The van der Waals surface area contributed by atoms with Crippen molar-refractivity contribution in [2.45, 2.75) is 25.3 Å². The number of amides is 1. The van der Waals surface area contributed by atoms with Crippen LogP contribution in [0.2, 0.25) is 0 Å². The van der Waals surface area contributed by atoms with Crippen LogP contribution < -0.4 is 0 Å². The third kappa shape index (κ3) is 2.27. The Morgan fingerprint density at radius 1 is 1.39 bits per heavy atom. The number of hydrogen-bond donors (Lipinski definition) is 2. The van der Waals surface area contributed by atoms with Gasteiger partial charge in [-0.25, -0.2) is 9.78 Å². The fourth-order valence-electron chi connectivity index (χ4n) is 2.13. The first kappa shape index (κ1) is 12.3.